The van der Waals surface area contributed by atoms with Gasteiger partial charge in [0.25, 0.3) is 0 Å². The first-order valence-electron chi connectivity index (χ1n) is 6.75. The third kappa shape index (κ3) is 2.53. The summed E-state index contributed by atoms with van der Waals surface area (Å²) in [6.45, 7) is 0.719. The molecule has 0 bridgehead atoms. The Labute approximate surface area is 113 Å². The number of hydrogen-bond acceptors (Lipinski definition) is 2. The average molecular weight is 251 g/mol. The molecule has 2 nitrogen and oxygen atoms in total. The number of carbonyl (C=O) groups excluding carboxylic acids is 1. The van der Waals surface area contributed by atoms with E-state index >= 15 is 0 Å². The van der Waals surface area contributed by atoms with Crippen LogP contribution in [0.1, 0.15) is 22.3 Å². The molecule has 96 valence electrons. The Balaban J connectivity index is 1.69. The van der Waals surface area contributed by atoms with Crippen LogP contribution in [-0.4, -0.2) is 12.3 Å². The number of anilines is 1. The van der Waals surface area contributed by atoms with Gasteiger partial charge in [-0.05, 0) is 30.5 Å². The van der Waals surface area contributed by atoms with Crippen molar-refractivity contribution in [3.05, 3.63) is 65.7 Å². The van der Waals surface area contributed by atoms with E-state index in [4.69, 9.17) is 0 Å². The van der Waals surface area contributed by atoms with Crippen LogP contribution in [0.25, 0.3) is 0 Å². The highest BCUT2D eigenvalue weighted by atomic mass is 16.1. The lowest BCUT2D eigenvalue weighted by atomic mass is 9.83. The van der Waals surface area contributed by atoms with Crippen molar-refractivity contribution in [2.24, 2.45) is 5.92 Å². The SMILES string of the molecule is O=C1c2ccccc2CCC1CNc1ccccc1. The van der Waals surface area contributed by atoms with Crippen molar-refractivity contribution in [3.8, 4) is 0 Å². The first-order valence-corrected chi connectivity index (χ1v) is 6.75. The van der Waals surface area contributed by atoms with Crippen LogP contribution < -0.4 is 5.32 Å². The van der Waals surface area contributed by atoms with Crippen LogP contribution >= 0.6 is 0 Å². The van der Waals surface area contributed by atoms with Crippen molar-refractivity contribution >= 4 is 11.5 Å². The van der Waals surface area contributed by atoms with Crippen molar-refractivity contribution < 1.29 is 4.79 Å². The third-order valence-corrected chi connectivity index (χ3v) is 3.74. The van der Waals surface area contributed by atoms with Crippen molar-refractivity contribution in [3.63, 3.8) is 0 Å². The average Bonchev–Trinajstić information content (AvgIpc) is 2.48. The lowest BCUT2D eigenvalue weighted by molar-refractivity contribution is 0.0910. The summed E-state index contributed by atoms with van der Waals surface area (Å²) in [6.07, 6.45) is 1.94. The van der Waals surface area contributed by atoms with Crippen LogP contribution in [0.5, 0.6) is 0 Å². The first kappa shape index (κ1) is 12.0. The quantitative estimate of drug-likeness (QED) is 0.904. The summed E-state index contributed by atoms with van der Waals surface area (Å²) in [5.74, 6) is 0.375. The molecular weight excluding hydrogens is 234 g/mol. The molecule has 3 rings (SSSR count). The van der Waals surface area contributed by atoms with Gasteiger partial charge in [0.2, 0.25) is 0 Å². The van der Waals surface area contributed by atoms with Gasteiger partial charge < -0.3 is 5.32 Å². The van der Waals surface area contributed by atoms with E-state index in [1.165, 1.54) is 5.56 Å². The highest BCUT2D eigenvalue weighted by molar-refractivity contribution is 6.00. The Bertz CT molecular complexity index is 577. The van der Waals surface area contributed by atoms with Gasteiger partial charge in [0.05, 0.1) is 0 Å². The van der Waals surface area contributed by atoms with E-state index in [2.05, 4.69) is 11.4 Å². The molecule has 0 aliphatic heterocycles. The second-order valence-corrected chi connectivity index (χ2v) is 5.00. The predicted molar refractivity (Wildman–Crippen MR) is 77.5 cm³/mol. The molecule has 19 heavy (non-hydrogen) atoms. The van der Waals surface area contributed by atoms with Crippen LogP contribution in [0, 0.1) is 5.92 Å². The van der Waals surface area contributed by atoms with Gasteiger partial charge in [-0.25, -0.2) is 0 Å². The van der Waals surface area contributed by atoms with Crippen LogP contribution in [-0.2, 0) is 6.42 Å². The molecule has 2 aromatic rings. The molecule has 0 amide bonds. The molecule has 0 fully saturated rings. The Hall–Kier alpha value is -2.09. The van der Waals surface area contributed by atoms with Crippen LogP contribution in [0.3, 0.4) is 0 Å². The van der Waals surface area contributed by atoms with Gasteiger partial charge >= 0.3 is 0 Å². The summed E-state index contributed by atoms with van der Waals surface area (Å²) in [4.78, 5) is 12.4. The molecule has 0 heterocycles. The Morgan fingerprint density at radius 3 is 2.58 bits per heavy atom. The number of fused-ring (bicyclic) bond motifs is 1. The standard InChI is InChI=1S/C17H17NO/c19-17-14(12-18-15-7-2-1-3-8-15)11-10-13-6-4-5-9-16(13)17/h1-9,14,18H,10-12H2. The zero-order chi connectivity index (χ0) is 13.1. The van der Waals surface area contributed by atoms with E-state index < -0.39 is 0 Å². The summed E-state index contributed by atoms with van der Waals surface area (Å²) in [6, 6.07) is 18.0. The van der Waals surface area contributed by atoms with E-state index in [0.717, 1.165) is 30.6 Å². The van der Waals surface area contributed by atoms with Crippen molar-refractivity contribution in [1.29, 1.82) is 0 Å². The normalized spacial score (nSPS) is 17.9. The highest BCUT2D eigenvalue weighted by Gasteiger charge is 2.26. The fraction of sp³-hybridized carbons (Fsp3) is 0.235. The van der Waals surface area contributed by atoms with E-state index in [9.17, 15) is 4.79 Å². The summed E-state index contributed by atoms with van der Waals surface area (Å²) in [5.41, 5.74) is 3.19. The number of Topliss-reactive ketones (excluding diaryl/α,β-unsaturated/α-hetero) is 1. The number of benzene rings is 2. The number of ketones is 1. The van der Waals surface area contributed by atoms with E-state index in [-0.39, 0.29) is 11.7 Å². The molecule has 2 aromatic carbocycles. The molecule has 1 unspecified atom stereocenters. The second kappa shape index (κ2) is 5.27. The molecule has 0 aromatic heterocycles. The molecule has 2 heteroatoms. The minimum absolute atomic E-state index is 0.0927. The zero-order valence-corrected chi connectivity index (χ0v) is 10.8. The Morgan fingerprint density at radius 1 is 1.00 bits per heavy atom. The monoisotopic (exact) mass is 251 g/mol. The van der Waals surface area contributed by atoms with Gasteiger partial charge in [-0.2, -0.15) is 0 Å². The molecule has 1 aliphatic carbocycles. The van der Waals surface area contributed by atoms with Gasteiger partial charge in [0.15, 0.2) is 5.78 Å². The molecule has 0 saturated heterocycles. The Kier molecular flexibility index (Phi) is 3.32. The van der Waals surface area contributed by atoms with Gasteiger partial charge in [0, 0.05) is 23.7 Å². The number of aryl methyl sites for hydroxylation is 1. The number of hydrogen-bond donors (Lipinski definition) is 1. The zero-order valence-electron chi connectivity index (χ0n) is 10.8. The third-order valence-electron chi connectivity index (χ3n) is 3.74. The summed E-state index contributed by atoms with van der Waals surface area (Å²) in [5, 5.41) is 3.35. The molecule has 1 atom stereocenters. The van der Waals surface area contributed by atoms with Gasteiger partial charge in [-0.15, -0.1) is 0 Å². The molecule has 1 aliphatic rings. The van der Waals surface area contributed by atoms with Crippen molar-refractivity contribution in [1.82, 2.24) is 0 Å². The lowest BCUT2D eigenvalue weighted by Crippen LogP contribution is -2.28. The maximum Gasteiger partial charge on any atom is 0.167 e. The van der Waals surface area contributed by atoms with Gasteiger partial charge in [-0.3, -0.25) is 4.79 Å². The number of carbonyl (C=O) groups is 1. The van der Waals surface area contributed by atoms with E-state index in [0.29, 0.717) is 0 Å². The molecule has 0 radical (unpaired) electrons. The molecule has 0 spiro atoms. The smallest absolute Gasteiger partial charge is 0.167 e. The molecule has 0 saturated carbocycles. The maximum atomic E-state index is 12.4. The fourth-order valence-corrected chi connectivity index (χ4v) is 2.65. The topological polar surface area (TPSA) is 29.1 Å². The number of para-hydroxylation sites is 1. The minimum Gasteiger partial charge on any atom is -0.384 e. The van der Waals surface area contributed by atoms with E-state index in [1.807, 2.05) is 48.5 Å². The fourth-order valence-electron chi connectivity index (χ4n) is 2.65. The predicted octanol–water partition coefficient (Wildman–Crippen LogP) is 3.54. The molecular formula is C17H17NO. The largest absolute Gasteiger partial charge is 0.384 e. The van der Waals surface area contributed by atoms with Crippen molar-refractivity contribution in [2.45, 2.75) is 12.8 Å². The van der Waals surface area contributed by atoms with Crippen LogP contribution in [0.4, 0.5) is 5.69 Å². The maximum absolute atomic E-state index is 12.4. The van der Waals surface area contributed by atoms with Crippen LogP contribution in [0.2, 0.25) is 0 Å². The minimum atomic E-state index is 0.0927. The summed E-state index contributed by atoms with van der Waals surface area (Å²) < 4.78 is 0. The highest BCUT2D eigenvalue weighted by Crippen LogP contribution is 2.25. The molecule has 1 N–H and O–H groups in total. The summed E-state index contributed by atoms with van der Waals surface area (Å²) in [7, 11) is 0. The van der Waals surface area contributed by atoms with E-state index in [1.54, 1.807) is 0 Å². The number of nitrogens with one attached hydrogen (secondary N) is 1. The summed E-state index contributed by atoms with van der Waals surface area (Å²) >= 11 is 0. The lowest BCUT2D eigenvalue weighted by Gasteiger charge is -2.23. The van der Waals surface area contributed by atoms with Gasteiger partial charge in [0.1, 0.15) is 0 Å². The second-order valence-electron chi connectivity index (χ2n) is 5.00. The van der Waals surface area contributed by atoms with Gasteiger partial charge in [-0.1, -0.05) is 42.5 Å². The first-order chi connectivity index (χ1) is 9.34. The van der Waals surface area contributed by atoms with Crippen LogP contribution in [0.15, 0.2) is 54.6 Å². The number of rotatable bonds is 3. The Morgan fingerprint density at radius 2 is 1.74 bits per heavy atom. The van der Waals surface area contributed by atoms with Crippen molar-refractivity contribution in [2.75, 3.05) is 11.9 Å².